The van der Waals surface area contributed by atoms with Crippen molar-refractivity contribution in [3.8, 4) is 5.75 Å². The Morgan fingerprint density at radius 1 is 1.03 bits per heavy atom. The van der Waals surface area contributed by atoms with Crippen LogP contribution in [0.5, 0.6) is 5.75 Å². The first-order chi connectivity index (χ1) is 16.6. The number of rotatable bonds is 5. The fraction of sp³-hybridized carbons (Fsp3) is 0.444. The van der Waals surface area contributed by atoms with E-state index in [4.69, 9.17) is 4.74 Å². The lowest BCUT2D eigenvalue weighted by Gasteiger charge is -2.33. The molecule has 2 aromatic carbocycles. The molecule has 0 spiro atoms. The summed E-state index contributed by atoms with van der Waals surface area (Å²) in [5.74, 6) is 0.754. The first-order valence-electron chi connectivity index (χ1n) is 12.2. The second kappa shape index (κ2) is 9.49. The third kappa shape index (κ3) is 4.15. The molecule has 5 rings (SSSR count). The molecule has 0 bridgehead atoms. The molecule has 34 heavy (non-hydrogen) atoms. The number of amides is 3. The van der Waals surface area contributed by atoms with Crippen molar-refractivity contribution in [2.75, 3.05) is 23.9 Å². The van der Waals surface area contributed by atoms with Crippen LogP contribution in [0.4, 0.5) is 11.4 Å². The summed E-state index contributed by atoms with van der Waals surface area (Å²) in [6.07, 6.45) is 6.23. The van der Waals surface area contributed by atoms with Gasteiger partial charge in [0.1, 0.15) is 11.8 Å². The molecule has 178 valence electrons. The number of ether oxygens (including phenoxy) is 1. The Hall–Kier alpha value is -3.35. The molecule has 3 atom stereocenters. The molecule has 0 aromatic heterocycles. The van der Waals surface area contributed by atoms with Crippen LogP contribution in [-0.4, -0.2) is 48.4 Å². The Bertz CT molecular complexity index is 1090. The average molecular weight is 462 g/mol. The second-order valence-electron chi connectivity index (χ2n) is 9.47. The number of carbonyl (C=O) groups excluding carboxylic acids is 3. The molecule has 7 nitrogen and oxygen atoms in total. The Balaban J connectivity index is 1.40. The molecule has 2 saturated heterocycles. The molecule has 0 radical (unpaired) electrons. The molecule has 7 heteroatoms. The van der Waals surface area contributed by atoms with Gasteiger partial charge in [0.05, 0.1) is 12.8 Å². The molecular formula is C27H31N3O4. The Kier molecular flexibility index (Phi) is 6.26. The van der Waals surface area contributed by atoms with Crippen molar-refractivity contribution in [2.24, 2.45) is 5.92 Å². The van der Waals surface area contributed by atoms with Crippen molar-refractivity contribution in [2.45, 2.75) is 57.0 Å². The number of likely N-dealkylation sites (tertiary alicyclic amines) is 1. The summed E-state index contributed by atoms with van der Waals surface area (Å²) in [6, 6.07) is 14.2. The number of hydrogen-bond donors (Lipinski definition) is 1. The summed E-state index contributed by atoms with van der Waals surface area (Å²) >= 11 is 0. The predicted octanol–water partition coefficient (Wildman–Crippen LogP) is 4.23. The van der Waals surface area contributed by atoms with Crippen molar-refractivity contribution >= 4 is 29.1 Å². The van der Waals surface area contributed by atoms with Crippen LogP contribution in [0.3, 0.4) is 0 Å². The van der Waals surface area contributed by atoms with Gasteiger partial charge in [0, 0.05) is 30.3 Å². The highest BCUT2D eigenvalue weighted by Gasteiger charge is 2.47. The third-order valence-corrected chi connectivity index (χ3v) is 7.46. The van der Waals surface area contributed by atoms with Gasteiger partial charge in [-0.2, -0.15) is 0 Å². The van der Waals surface area contributed by atoms with E-state index in [1.807, 2.05) is 35.2 Å². The number of fused-ring (bicyclic) bond motifs is 1. The smallest absolute Gasteiger partial charge is 0.254 e. The number of nitrogens with zero attached hydrogens (tertiary/aromatic N) is 2. The largest absolute Gasteiger partial charge is 0.495 e. The summed E-state index contributed by atoms with van der Waals surface area (Å²) in [5, 5.41) is 3.03. The number of nitrogens with one attached hydrogen (secondary N) is 1. The number of carbonyl (C=O) groups is 3. The molecule has 3 fully saturated rings. The van der Waals surface area contributed by atoms with Crippen molar-refractivity contribution in [3.05, 3.63) is 54.1 Å². The highest BCUT2D eigenvalue weighted by molar-refractivity contribution is 6.03. The topological polar surface area (TPSA) is 79.0 Å². The van der Waals surface area contributed by atoms with Gasteiger partial charge >= 0.3 is 0 Å². The van der Waals surface area contributed by atoms with E-state index in [1.54, 1.807) is 30.2 Å². The number of hydrogen-bond acceptors (Lipinski definition) is 4. The van der Waals surface area contributed by atoms with E-state index in [9.17, 15) is 14.4 Å². The summed E-state index contributed by atoms with van der Waals surface area (Å²) in [5.41, 5.74) is 1.88. The van der Waals surface area contributed by atoms with Crippen molar-refractivity contribution in [3.63, 3.8) is 0 Å². The highest BCUT2D eigenvalue weighted by atomic mass is 16.5. The standard InChI is InChI=1S/C27H31N3O4/c1-34-24-14-13-20(17-22(24)29-15-7-12-25(29)31)28-26(32)23-16-19-10-5-6-11-21(19)30(23)27(33)18-8-3-2-4-9-18/h2-4,8-9,13-14,17,19,21,23H,5-7,10-12,15-16H2,1H3,(H,28,32). The van der Waals surface area contributed by atoms with E-state index < -0.39 is 6.04 Å². The van der Waals surface area contributed by atoms with Gasteiger partial charge in [-0.3, -0.25) is 14.4 Å². The SMILES string of the molecule is COc1ccc(NC(=O)C2CC3CCCCC3N2C(=O)c2ccccc2)cc1N1CCCC1=O. The minimum atomic E-state index is -0.514. The summed E-state index contributed by atoms with van der Waals surface area (Å²) < 4.78 is 5.47. The Morgan fingerprint density at radius 3 is 2.56 bits per heavy atom. The van der Waals surface area contributed by atoms with E-state index in [0.717, 1.165) is 32.1 Å². The molecular weight excluding hydrogens is 430 g/mol. The number of anilines is 2. The first kappa shape index (κ1) is 22.4. The van der Waals surface area contributed by atoms with Gasteiger partial charge in [-0.25, -0.2) is 0 Å². The summed E-state index contributed by atoms with van der Waals surface area (Å²) in [6.45, 7) is 0.637. The van der Waals surface area contributed by atoms with Crippen LogP contribution in [0.15, 0.2) is 48.5 Å². The lowest BCUT2D eigenvalue weighted by molar-refractivity contribution is -0.120. The molecule has 1 aliphatic carbocycles. The molecule has 1 N–H and O–H groups in total. The number of methoxy groups -OCH3 is 1. The molecule has 2 aromatic rings. The molecule has 1 saturated carbocycles. The Labute approximate surface area is 200 Å². The van der Waals surface area contributed by atoms with Crippen LogP contribution < -0.4 is 15.0 Å². The van der Waals surface area contributed by atoms with Gasteiger partial charge in [-0.15, -0.1) is 0 Å². The van der Waals surface area contributed by atoms with E-state index >= 15 is 0 Å². The van der Waals surface area contributed by atoms with Gasteiger partial charge in [0.15, 0.2) is 0 Å². The molecule has 3 unspecified atom stereocenters. The van der Waals surface area contributed by atoms with Crippen molar-refractivity contribution in [1.82, 2.24) is 4.90 Å². The summed E-state index contributed by atoms with van der Waals surface area (Å²) in [4.78, 5) is 42.9. The molecule has 3 amide bonds. The summed E-state index contributed by atoms with van der Waals surface area (Å²) in [7, 11) is 1.57. The maximum atomic E-state index is 13.5. The van der Waals surface area contributed by atoms with Crippen LogP contribution in [0, 0.1) is 5.92 Å². The van der Waals surface area contributed by atoms with Gasteiger partial charge in [0.2, 0.25) is 11.8 Å². The normalized spacial score (nSPS) is 24.1. The van der Waals surface area contributed by atoms with E-state index in [0.29, 0.717) is 48.0 Å². The van der Waals surface area contributed by atoms with E-state index in [-0.39, 0.29) is 23.8 Å². The fourth-order valence-electron chi connectivity index (χ4n) is 5.82. The first-order valence-corrected chi connectivity index (χ1v) is 12.2. The van der Waals surface area contributed by atoms with Crippen molar-refractivity contribution in [1.29, 1.82) is 0 Å². The van der Waals surface area contributed by atoms with E-state index in [1.165, 1.54) is 0 Å². The lowest BCUT2D eigenvalue weighted by atomic mass is 9.84. The zero-order valence-electron chi connectivity index (χ0n) is 19.5. The molecule has 2 heterocycles. The van der Waals surface area contributed by atoms with Gasteiger partial charge < -0.3 is 19.9 Å². The third-order valence-electron chi connectivity index (χ3n) is 7.46. The second-order valence-corrected chi connectivity index (χ2v) is 9.47. The zero-order valence-corrected chi connectivity index (χ0v) is 19.5. The quantitative estimate of drug-likeness (QED) is 0.723. The fourth-order valence-corrected chi connectivity index (χ4v) is 5.82. The zero-order chi connectivity index (χ0) is 23.7. The van der Waals surface area contributed by atoms with Crippen molar-refractivity contribution < 1.29 is 19.1 Å². The van der Waals surface area contributed by atoms with Crippen LogP contribution in [0.2, 0.25) is 0 Å². The monoisotopic (exact) mass is 461 g/mol. The number of benzene rings is 2. The van der Waals surface area contributed by atoms with E-state index in [2.05, 4.69) is 5.32 Å². The van der Waals surface area contributed by atoms with Crippen LogP contribution in [-0.2, 0) is 9.59 Å². The lowest BCUT2D eigenvalue weighted by Crippen LogP contribution is -2.47. The maximum absolute atomic E-state index is 13.5. The maximum Gasteiger partial charge on any atom is 0.254 e. The minimum Gasteiger partial charge on any atom is -0.495 e. The van der Waals surface area contributed by atoms with Gasteiger partial charge in [0.25, 0.3) is 5.91 Å². The highest BCUT2D eigenvalue weighted by Crippen LogP contribution is 2.41. The predicted molar refractivity (Wildman–Crippen MR) is 130 cm³/mol. The Morgan fingerprint density at radius 2 is 1.82 bits per heavy atom. The minimum absolute atomic E-state index is 0.0567. The van der Waals surface area contributed by atoms with Crippen LogP contribution in [0.25, 0.3) is 0 Å². The van der Waals surface area contributed by atoms with Crippen LogP contribution in [0.1, 0.15) is 55.3 Å². The van der Waals surface area contributed by atoms with Gasteiger partial charge in [-0.1, -0.05) is 31.0 Å². The molecule has 3 aliphatic rings. The van der Waals surface area contributed by atoms with Gasteiger partial charge in [-0.05, 0) is 61.9 Å². The average Bonchev–Trinajstić information content (AvgIpc) is 3.47. The van der Waals surface area contributed by atoms with Crippen LogP contribution >= 0.6 is 0 Å². The molecule has 2 aliphatic heterocycles.